The van der Waals surface area contributed by atoms with Gasteiger partial charge in [0.15, 0.2) is 0 Å². The molecule has 0 aliphatic rings. The molecule has 0 fully saturated rings. The number of nitrogens with one attached hydrogen (secondary N) is 1. The van der Waals surface area contributed by atoms with Gasteiger partial charge in [-0.2, -0.15) is 0 Å². The predicted molar refractivity (Wildman–Crippen MR) is 82.5 cm³/mol. The van der Waals surface area contributed by atoms with Gasteiger partial charge in [0.1, 0.15) is 6.04 Å². The molecule has 0 saturated carbocycles. The second-order valence-electron chi connectivity index (χ2n) is 5.03. The Morgan fingerprint density at radius 1 is 1.27 bits per heavy atom. The molecule has 1 aromatic carbocycles. The lowest BCUT2D eigenvalue weighted by Crippen LogP contribution is -2.42. The van der Waals surface area contributed by atoms with Gasteiger partial charge in [0.25, 0.3) is 0 Å². The summed E-state index contributed by atoms with van der Waals surface area (Å²) in [7, 11) is 1.42. The van der Waals surface area contributed by atoms with Crippen molar-refractivity contribution in [3.05, 3.63) is 34.9 Å². The molecule has 2 amide bonds. The van der Waals surface area contributed by atoms with Crippen LogP contribution in [0, 0.1) is 0 Å². The van der Waals surface area contributed by atoms with E-state index in [-0.39, 0.29) is 18.2 Å². The number of carboxylic acid groups (broad SMARTS) is 1. The summed E-state index contributed by atoms with van der Waals surface area (Å²) in [6, 6.07) is 5.30. The second kappa shape index (κ2) is 7.79. The number of hydrogen-bond acceptors (Lipinski definition) is 3. The van der Waals surface area contributed by atoms with Crippen molar-refractivity contribution in [2.75, 3.05) is 7.05 Å². The molecule has 0 saturated heterocycles. The molecule has 0 aromatic heterocycles. The fraction of sp³-hybridized carbons (Fsp3) is 0.400. The van der Waals surface area contributed by atoms with Gasteiger partial charge >= 0.3 is 5.97 Å². The van der Waals surface area contributed by atoms with Crippen molar-refractivity contribution in [1.82, 2.24) is 10.2 Å². The molecule has 6 nitrogen and oxygen atoms in total. The number of aliphatic carboxylic acids is 1. The Morgan fingerprint density at radius 3 is 2.27 bits per heavy atom. The summed E-state index contributed by atoms with van der Waals surface area (Å²) in [6.07, 6.45) is -0.0324. The van der Waals surface area contributed by atoms with E-state index in [2.05, 4.69) is 5.32 Å². The molecule has 1 aromatic rings. The summed E-state index contributed by atoms with van der Waals surface area (Å²) in [4.78, 5) is 35.6. The van der Waals surface area contributed by atoms with E-state index >= 15 is 0 Å². The molecule has 0 aliphatic heterocycles. The minimum absolute atomic E-state index is 0.0324. The molecule has 22 heavy (non-hydrogen) atoms. The number of rotatable bonds is 6. The summed E-state index contributed by atoms with van der Waals surface area (Å²) in [5, 5.41) is 12.2. The average molecular weight is 327 g/mol. The lowest BCUT2D eigenvalue weighted by Gasteiger charge is -2.25. The lowest BCUT2D eigenvalue weighted by molar-refractivity contribution is -0.148. The number of carbonyl (C=O) groups excluding carboxylic acids is 2. The van der Waals surface area contributed by atoms with Crippen LogP contribution in [-0.2, 0) is 14.4 Å². The molecular formula is C15H19ClN2O4. The fourth-order valence-corrected chi connectivity index (χ4v) is 2.02. The predicted octanol–water partition coefficient (Wildman–Crippen LogP) is 1.84. The summed E-state index contributed by atoms with van der Waals surface area (Å²) in [5.41, 5.74) is 0.726. The molecule has 0 spiro atoms. The van der Waals surface area contributed by atoms with E-state index < -0.39 is 18.1 Å². The highest BCUT2D eigenvalue weighted by atomic mass is 35.5. The highest BCUT2D eigenvalue weighted by molar-refractivity contribution is 6.30. The molecular weight excluding hydrogens is 308 g/mol. The van der Waals surface area contributed by atoms with E-state index in [0.29, 0.717) is 5.02 Å². The van der Waals surface area contributed by atoms with Gasteiger partial charge in [-0.3, -0.25) is 9.59 Å². The first-order valence-electron chi connectivity index (χ1n) is 6.73. The van der Waals surface area contributed by atoms with Gasteiger partial charge in [-0.1, -0.05) is 23.7 Å². The Balaban J connectivity index is 2.89. The first-order valence-corrected chi connectivity index (χ1v) is 7.11. The van der Waals surface area contributed by atoms with Gasteiger partial charge in [-0.25, -0.2) is 4.79 Å². The Kier molecular flexibility index (Phi) is 6.37. The monoisotopic (exact) mass is 326 g/mol. The lowest BCUT2D eigenvalue weighted by atomic mass is 10.0. The zero-order chi connectivity index (χ0) is 16.9. The van der Waals surface area contributed by atoms with Crippen molar-refractivity contribution < 1.29 is 19.5 Å². The van der Waals surface area contributed by atoms with Crippen LogP contribution in [0.25, 0.3) is 0 Å². The summed E-state index contributed by atoms with van der Waals surface area (Å²) >= 11 is 5.83. The molecule has 1 rings (SSSR count). The minimum atomic E-state index is -1.08. The van der Waals surface area contributed by atoms with Crippen LogP contribution in [0.15, 0.2) is 24.3 Å². The highest BCUT2D eigenvalue weighted by Gasteiger charge is 2.25. The third-order valence-corrected chi connectivity index (χ3v) is 3.61. The first kappa shape index (κ1) is 18.0. The molecule has 2 N–H and O–H groups in total. The summed E-state index contributed by atoms with van der Waals surface area (Å²) < 4.78 is 0. The smallest absolute Gasteiger partial charge is 0.326 e. The maximum Gasteiger partial charge on any atom is 0.326 e. The van der Waals surface area contributed by atoms with E-state index in [1.807, 2.05) is 0 Å². The van der Waals surface area contributed by atoms with E-state index in [4.69, 9.17) is 16.7 Å². The molecule has 120 valence electrons. The standard InChI is InChI=1S/C15H19ClN2O4/c1-9(15(21)22)18(3)14(20)8-13(17-10(2)19)11-4-6-12(16)7-5-11/h4-7,9,13H,8H2,1-3H3,(H,17,19)(H,21,22). The summed E-state index contributed by atoms with van der Waals surface area (Å²) in [5.74, 6) is -1.73. The van der Waals surface area contributed by atoms with Crippen LogP contribution in [0.3, 0.4) is 0 Å². The Morgan fingerprint density at radius 2 is 1.82 bits per heavy atom. The molecule has 0 aliphatic carbocycles. The average Bonchev–Trinajstić information content (AvgIpc) is 2.45. The third kappa shape index (κ3) is 5.04. The van der Waals surface area contributed by atoms with Crippen LogP contribution in [0.2, 0.25) is 5.02 Å². The zero-order valence-electron chi connectivity index (χ0n) is 12.7. The summed E-state index contributed by atoms with van der Waals surface area (Å²) in [6.45, 7) is 2.78. The van der Waals surface area contributed by atoms with Crippen LogP contribution in [0.4, 0.5) is 0 Å². The SMILES string of the molecule is CC(=O)NC(CC(=O)N(C)C(C)C(=O)O)c1ccc(Cl)cc1. The van der Waals surface area contributed by atoms with Crippen molar-refractivity contribution in [3.8, 4) is 0 Å². The molecule has 2 unspecified atom stereocenters. The number of hydrogen-bond donors (Lipinski definition) is 2. The van der Waals surface area contributed by atoms with Crippen molar-refractivity contribution in [1.29, 1.82) is 0 Å². The quantitative estimate of drug-likeness (QED) is 0.835. The highest BCUT2D eigenvalue weighted by Crippen LogP contribution is 2.20. The minimum Gasteiger partial charge on any atom is -0.480 e. The number of carbonyl (C=O) groups is 3. The Hall–Kier alpha value is -2.08. The van der Waals surface area contributed by atoms with Crippen LogP contribution in [0.1, 0.15) is 31.9 Å². The van der Waals surface area contributed by atoms with Gasteiger partial charge in [0.2, 0.25) is 11.8 Å². The zero-order valence-corrected chi connectivity index (χ0v) is 13.4. The van der Waals surface area contributed by atoms with E-state index in [9.17, 15) is 14.4 Å². The van der Waals surface area contributed by atoms with Crippen molar-refractivity contribution in [3.63, 3.8) is 0 Å². The Labute approximate surface area is 134 Å². The first-order chi connectivity index (χ1) is 10.2. The maximum atomic E-state index is 12.2. The van der Waals surface area contributed by atoms with Gasteiger partial charge in [-0.15, -0.1) is 0 Å². The van der Waals surface area contributed by atoms with Crippen LogP contribution >= 0.6 is 11.6 Å². The maximum absolute atomic E-state index is 12.2. The topological polar surface area (TPSA) is 86.7 Å². The molecule has 0 radical (unpaired) electrons. The van der Waals surface area contributed by atoms with E-state index in [0.717, 1.165) is 10.5 Å². The molecule has 0 bridgehead atoms. The Bertz CT molecular complexity index is 559. The number of halogens is 1. The van der Waals surface area contributed by atoms with Gasteiger partial charge in [-0.05, 0) is 24.6 Å². The van der Waals surface area contributed by atoms with Crippen LogP contribution in [0.5, 0.6) is 0 Å². The number of carboxylic acids is 1. The van der Waals surface area contributed by atoms with Crippen molar-refractivity contribution in [2.45, 2.75) is 32.4 Å². The third-order valence-electron chi connectivity index (χ3n) is 3.36. The number of likely N-dealkylation sites (N-methyl/N-ethyl adjacent to an activating group) is 1. The van der Waals surface area contributed by atoms with E-state index in [1.54, 1.807) is 24.3 Å². The fourth-order valence-electron chi connectivity index (χ4n) is 1.89. The molecule has 0 heterocycles. The van der Waals surface area contributed by atoms with Gasteiger partial charge in [0, 0.05) is 19.0 Å². The number of amides is 2. The van der Waals surface area contributed by atoms with E-state index in [1.165, 1.54) is 20.9 Å². The van der Waals surface area contributed by atoms with Crippen LogP contribution in [-0.4, -0.2) is 40.9 Å². The number of nitrogens with zero attached hydrogens (tertiary/aromatic N) is 1. The van der Waals surface area contributed by atoms with Crippen LogP contribution < -0.4 is 5.32 Å². The van der Waals surface area contributed by atoms with Gasteiger partial charge in [0.05, 0.1) is 12.5 Å². The number of benzene rings is 1. The van der Waals surface area contributed by atoms with Crippen molar-refractivity contribution >= 4 is 29.4 Å². The van der Waals surface area contributed by atoms with Gasteiger partial charge < -0.3 is 15.3 Å². The molecule has 2 atom stereocenters. The largest absolute Gasteiger partial charge is 0.480 e. The van der Waals surface area contributed by atoms with Crippen molar-refractivity contribution in [2.24, 2.45) is 0 Å². The second-order valence-corrected chi connectivity index (χ2v) is 5.46. The molecule has 7 heteroatoms. The normalized spacial score (nSPS) is 13.1.